The summed E-state index contributed by atoms with van der Waals surface area (Å²) in [4.78, 5) is 28.9. The first-order valence-electron chi connectivity index (χ1n) is 9.33. The minimum atomic E-state index is -0.235. The number of halogens is 1. The number of hydrogen-bond acceptors (Lipinski definition) is 5. The van der Waals surface area contributed by atoms with Crippen molar-refractivity contribution in [1.29, 1.82) is 0 Å². The predicted molar refractivity (Wildman–Crippen MR) is 112 cm³/mol. The Hall–Kier alpha value is -2.74. The largest absolute Gasteiger partial charge is 0.507 e. The number of rotatable bonds is 5. The smallest absolute Gasteiger partial charge is 0.257 e. The number of carbonyl (C=O) groups is 2. The van der Waals surface area contributed by atoms with Gasteiger partial charge in [0.25, 0.3) is 11.8 Å². The molecule has 0 unspecified atom stereocenters. The van der Waals surface area contributed by atoms with Crippen molar-refractivity contribution < 1.29 is 24.2 Å². The summed E-state index contributed by atoms with van der Waals surface area (Å²) in [5, 5.41) is 9.90. The van der Waals surface area contributed by atoms with E-state index in [1.54, 1.807) is 40.1 Å². The van der Waals surface area contributed by atoms with Crippen LogP contribution in [0, 0.1) is 0 Å². The molecule has 0 radical (unpaired) electrons. The number of phenols is 1. The molecule has 2 amide bonds. The third kappa shape index (κ3) is 4.48. The molecule has 0 aromatic heterocycles. The number of aromatic hydroxyl groups is 1. The van der Waals surface area contributed by atoms with E-state index in [2.05, 4.69) is 15.9 Å². The van der Waals surface area contributed by atoms with Crippen molar-refractivity contribution in [2.24, 2.45) is 0 Å². The Morgan fingerprint density at radius 2 is 1.69 bits per heavy atom. The van der Waals surface area contributed by atoms with Gasteiger partial charge in [-0.3, -0.25) is 9.59 Å². The highest BCUT2D eigenvalue weighted by Gasteiger charge is 2.27. The first kappa shape index (κ1) is 21.0. The number of nitrogens with zero attached hydrogens (tertiary/aromatic N) is 2. The van der Waals surface area contributed by atoms with Gasteiger partial charge in [-0.15, -0.1) is 0 Å². The minimum absolute atomic E-state index is 0.0395. The molecule has 1 heterocycles. The Kier molecular flexibility index (Phi) is 6.64. The van der Waals surface area contributed by atoms with E-state index in [4.69, 9.17) is 9.47 Å². The zero-order chi connectivity index (χ0) is 21.0. The average Bonchev–Trinajstić information content (AvgIpc) is 2.74. The van der Waals surface area contributed by atoms with Gasteiger partial charge >= 0.3 is 0 Å². The number of hydrogen-bond donors (Lipinski definition) is 1. The number of ether oxygens (including phenoxy) is 2. The number of carbonyl (C=O) groups excluding carboxylic acids is 2. The molecular weight excluding hydrogens is 440 g/mol. The molecule has 0 bridgehead atoms. The molecule has 2 aromatic carbocycles. The Labute approximate surface area is 177 Å². The molecule has 154 valence electrons. The van der Waals surface area contributed by atoms with Crippen molar-refractivity contribution >= 4 is 27.7 Å². The number of piperazine rings is 1. The van der Waals surface area contributed by atoms with Crippen LogP contribution in [-0.2, 0) is 0 Å². The number of phenolic OH excluding ortho intramolecular Hbond substituents is 1. The Morgan fingerprint density at radius 3 is 2.28 bits per heavy atom. The zero-order valence-electron chi connectivity index (χ0n) is 16.4. The lowest BCUT2D eigenvalue weighted by Crippen LogP contribution is -2.50. The van der Waals surface area contributed by atoms with Crippen LogP contribution in [0.15, 0.2) is 40.9 Å². The maximum atomic E-state index is 13.0. The van der Waals surface area contributed by atoms with Gasteiger partial charge in [0.1, 0.15) is 5.75 Å². The molecule has 8 heteroatoms. The molecule has 1 saturated heterocycles. The second kappa shape index (κ2) is 9.17. The number of methoxy groups -OCH3 is 1. The Balaban J connectivity index is 1.70. The van der Waals surface area contributed by atoms with Crippen LogP contribution in [0.2, 0.25) is 0 Å². The second-order valence-corrected chi connectivity index (χ2v) is 7.38. The first-order chi connectivity index (χ1) is 14.0. The number of benzene rings is 2. The first-order valence-corrected chi connectivity index (χ1v) is 10.1. The standard InChI is InChI=1S/C21H23BrN2O5/c1-3-29-19-16(22)12-14(13-18(19)28-2)20(26)23-8-10-24(11-9-23)21(27)15-6-4-5-7-17(15)25/h4-7,12-13,25H,3,8-11H2,1-2H3. The average molecular weight is 463 g/mol. The summed E-state index contributed by atoms with van der Waals surface area (Å²) in [7, 11) is 1.53. The molecular formula is C21H23BrN2O5. The molecule has 7 nitrogen and oxygen atoms in total. The van der Waals surface area contributed by atoms with Gasteiger partial charge in [-0.25, -0.2) is 0 Å². The molecule has 1 N–H and O–H groups in total. The van der Waals surface area contributed by atoms with E-state index < -0.39 is 0 Å². The monoisotopic (exact) mass is 462 g/mol. The van der Waals surface area contributed by atoms with Gasteiger partial charge in [0, 0.05) is 31.7 Å². The van der Waals surface area contributed by atoms with E-state index in [-0.39, 0.29) is 23.1 Å². The van der Waals surface area contributed by atoms with E-state index in [9.17, 15) is 14.7 Å². The van der Waals surface area contributed by atoms with E-state index >= 15 is 0 Å². The lowest BCUT2D eigenvalue weighted by atomic mass is 10.1. The normalized spacial score (nSPS) is 13.9. The number of amides is 2. The minimum Gasteiger partial charge on any atom is -0.507 e. The highest BCUT2D eigenvalue weighted by atomic mass is 79.9. The summed E-state index contributed by atoms with van der Waals surface area (Å²) in [5.41, 5.74) is 0.755. The highest BCUT2D eigenvalue weighted by Crippen LogP contribution is 2.37. The molecule has 1 aliphatic heterocycles. The predicted octanol–water partition coefficient (Wildman–Crippen LogP) is 3.16. The zero-order valence-corrected chi connectivity index (χ0v) is 17.9. The summed E-state index contributed by atoms with van der Waals surface area (Å²) in [6.07, 6.45) is 0. The maximum Gasteiger partial charge on any atom is 0.257 e. The summed E-state index contributed by atoms with van der Waals surface area (Å²) in [5.74, 6) is 0.632. The van der Waals surface area contributed by atoms with Gasteiger partial charge in [0.05, 0.1) is 23.8 Å². The third-order valence-electron chi connectivity index (χ3n) is 4.75. The van der Waals surface area contributed by atoms with E-state index in [1.807, 2.05) is 6.92 Å². The molecule has 0 atom stereocenters. The van der Waals surface area contributed by atoms with Gasteiger partial charge in [-0.05, 0) is 47.1 Å². The second-order valence-electron chi connectivity index (χ2n) is 6.52. The van der Waals surface area contributed by atoms with Crippen LogP contribution < -0.4 is 9.47 Å². The van der Waals surface area contributed by atoms with Crippen LogP contribution in [0.3, 0.4) is 0 Å². The van der Waals surface area contributed by atoms with Crippen LogP contribution in [-0.4, -0.2) is 66.6 Å². The van der Waals surface area contributed by atoms with Gasteiger partial charge < -0.3 is 24.4 Å². The van der Waals surface area contributed by atoms with Crippen molar-refractivity contribution in [3.8, 4) is 17.2 Å². The van der Waals surface area contributed by atoms with Gasteiger partial charge in [0.2, 0.25) is 0 Å². The fourth-order valence-corrected chi connectivity index (χ4v) is 3.80. The van der Waals surface area contributed by atoms with E-state index in [0.29, 0.717) is 54.3 Å². The lowest BCUT2D eigenvalue weighted by molar-refractivity contribution is 0.0533. The molecule has 0 saturated carbocycles. The quantitative estimate of drug-likeness (QED) is 0.737. The van der Waals surface area contributed by atoms with Crippen LogP contribution >= 0.6 is 15.9 Å². The molecule has 1 aliphatic rings. The summed E-state index contributed by atoms with van der Waals surface area (Å²) in [6, 6.07) is 9.85. The topological polar surface area (TPSA) is 79.3 Å². The van der Waals surface area contributed by atoms with Gasteiger partial charge in [-0.2, -0.15) is 0 Å². The van der Waals surface area contributed by atoms with Gasteiger partial charge in [-0.1, -0.05) is 12.1 Å². The molecule has 3 rings (SSSR count). The summed E-state index contributed by atoms with van der Waals surface area (Å²) < 4.78 is 11.6. The molecule has 2 aromatic rings. The SMILES string of the molecule is CCOc1c(Br)cc(C(=O)N2CCN(C(=O)c3ccccc3O)CC2)cc1OC. The molecule has 29 heavy (non-hydrogen) atoms. The Morgan fingerprint density at radius 1 is 1.07 bits per heavy atom. The van der Waals surface area contributed by atoms with Crippen molar-refractivity contribution in [2.75, 3.05) is 39.9 Å². The van der Waals surface area contributed by atoms with Crippen LogP contribution in [0.1, 0.15) is 27.6 Å². The van der Waals surface area contributed by atoms with E-state index in [1.165, 1.54) is 13.2 Å². The van der Waals surface area contributed by atoms with Crippen LogP contribution in [0.5, 0.6) is 17.2 Å². The highest BCUT2D eigenvalue weighted by molar-refractivity contribution is 9.10. The van der Waals surface area contributed by atoms with Gasteiger partial charge in [0.15, 0.2) is 11.5 Å². The maximum absolute atomic E-state index is 13.0. The van der Waals surface area contributed by atoms with Crippen molar-refractivity contribution in [1.82, 2.24) is 9.80 Å². The molecule has 0 spiro atoms. The summed E-state index contributed by atoms with van der Waals surface area (Å²) >= 11 is 3.44. The number of para-hydroxylation sites is 1. The van der Waals surface area contributed by atoms with Crippen molar-refractivity contribution in [2.45, 2.75) is 6.92 Å². The lowest BCUT2D eigenvalue weighted by Gasteiger charge is -2.35. The summed E-state index contributed by atoms with van der Waals surface area (Å²) in [6.45, 7) is 3.97. The van der Waals surface area contributed by atoms with Crippen LogP contribution in [0.4, 0.5) is 0 Å². The Bertz CT molecular complexity index is 910. The third-order valence-corrected chi connectivity index (χ3v) is 5.34. The molecule has 0 aliphatic carbocycles. The van der Waals surface area contributed by atoms with Crippen molar-refractivity contribution in [3.63, 3.8) is 0 Å². The van der Waals surface area contributed by atoms with E-state index in [0.717, 1.165) is 0 Å². The fraction of sp³-hybridized carbons (Fsp3) is 0.333. The molecule has 1 fully saturated rings. The van der Waals surface area contributed by atoms with Crippen LogP contribution in [0.25, 0.3) is 0 Å². The van der Waals surface area contributed by atoms with Crippen molar-refractivity contribution in [3.05, 3.63) is 52.0 Å². The fourth-order valence-electron chi connectivity index (χ4n) is 3.25.